The summed E-state index contributed by atoms with van der Waals surface area (Å²) in [6.07, 6.45) is 1.78. The van der Waals surface area contributed by atoms with Crippen molar-refractivity contribution in [2.45, 2.75) is 13.8 Å². The van der Waals surface area contributed by atoms with Crippen LogP contribution in [-0.4, -0.2) is 31.0 Å². The third-order valence-electron chi connectivity index (χ3n) is 5.10. The van der Waals surface area contributed by atoms with Crippen LogP contribution in [0.5, 0.6) is 5.75 Å². The normalized spacial score (nSPS) is 15.1. The summed E-state index contributed by atoms with van der Waals surface area (Å²) in [6.45, 7) is 3.80. The molecule has 1 aliphatic rings. The zero-order valence-electron chi connectivity index (χ0n) is 17.0. The van der Waals surface area contributed by atoms with E-state index < -0.39 is 5.97 Å². The molecule has 0 unspecified atom stereocenters. The number of aryl methyl sites for hydroxylation is 1. The SMILES string of the molecule is Cc1cc(/C=C2\SC(=S)N(c3ccc(O)cc3)C2=O)c(C)n1-c1ccc(Cl)c(C(=O)O)c1. The van der Waals surface area contributed by atoms with Crippen LogP contribution in [0.2, 0.25) is 5.02 Å². The number of benzene rings is 2. The van der Waals surface area contributed by atoms with Gasteiger partial charge in [-0.25, -0.2) is 4.79 Å². The summed E-state index contributed by atoms with van der Waals surface area (Å²) < 4.78 is 2.32. The van der Waals surface area contributed by atoms with E-state index in [0.717, 1.165) is 17.0 Å². The van der Waals surface area contributed by atoms with Crippen molar-refractivity contribution in [2.75, 3.05) is 4.90 Å². The first-order valence-corrected chi connectivity index (χ1v) is 11.1. The highest BCUT2D eigenvalue weighted by atomic mass is 35.5. The van der Waals surface area contributed by atoms with E-state index in [1.165, 1.54) is 34.9 Å². The molecule has 32 heavy (non-hydrogen) atoms. The lowest BCUT2D eigenvalue weighted by Crippen LogP contribution is -2.27. The van der Waals surface area contributed by atoms with E-state index in [1.807, 2.05) is 24.5 Å². The zero-order chi connectivity index (χ0) is 23.2. The number of carboxylic acid groups (broad SMARTS) is 1. The summed E-state index contributed by atoms with van der Waals surface area (Å²) >= 11 is 12.6. The number of anilines is 1. The Balaban J connectivity index is 1.71. The summed E-state index contributed by atoms with van der Waals surface area (Å²) in [6, 6.07) is 13.0. The number of amides is 1. The molecule has 0 saturated carbocycles. The molecule has 0 atom stereocenters. The van der Waals surface area contributed by atoms with Crippen LogP contribution in [0.15, 0.2) is 53.4 Å². The number of phenols is 1. The topological polar surface area (TPSA) is 82.8 Å². The molecule has 2 N–H and O–H groups in total. The number of aromatic carboxylic acids is 1. The van der Waals surface area contributed by atoms with Gasteiger partial charge in [-0.05, 0) is 74.0 Å². The molecule has 2 aromatic carbocycles. The van der Waals surface area contributed by atoms with E-state index in [4.69, 9.17) is 23.8 Å². The van der Waals surface area contributed by atoms with Crippen LogP contribution in [0.4, 0.5) is 5.69 Å². The number of carboxylic acids is 1. The van der Waals surface area contributed by atoms with Gasteiger partial charge in [0.1, 0.15) is 5.75 Å². The van der Waals surface area contributed by atoms with Crippen molar-refractivity contribution < 1.29 is 19.8 Å². The molecule has 162 valence electrons. The molecular weight excluding hydrogens is 468 g/mol. The van der Waals surface area contributed by atoms with Gasteiger partial charge in [-0.2, -0.15) is 0 Å². The molecule has 0 spiro atoms. The summed E-state index contributed by atoms with van der Waals surface area (Å²) in [5, 5.41) is 19.1. The molecule has 1 saturated heterocycles. The van der Waals surface area contributed by atoms with Crippen molar-refractivity contribution in [3.63, 3.8) is 0 Å². The Hall–Kier alpha value is -3.07. The fourth-order valence-corrected chi connectivity index (χ4v) is 5.07. The van der Waals surface area contributed by atoms with Gasteiger partial charge in [0.2, 0.25) is 0 Å². The average molecular weight is 485 g/mol. The highest BCUT2D eigenvalue weighted by molar-refractivity contribution is 8.27. The molecule has 1 aliphatic heterocycles. The molecule has 9 heteroatoms. The number of nitrogens with zero attached hydrogens (tertiary/aromatic N) is 2. The number of aromatic hydroxyl groups is 1. The first-order chi connectivity index (χ1) is 15.2. The Kier molecular flexibility index (Phi) is 5.85. The summed E-state index contributed by atoms with van der Waals surface area (Å²) in [5.74, 6) is -1.23. The molecule has 4 rings (SSSR count). The van der Waals surface area contributed by atoms with E-state index in [9.17, 15) is 19.8 Å². The average Bonchev–Trinajstić information content (AvgIpc) is 3.17. The second-order valence-corrected chi connectivity index (χ2v) is 9.25. The van der Waals surface area contributed by atoms with Crippen LogP contribution in [0.3, 0.4) is 0 Å². The van der Waals surface area contributed by atoms with Gasteiger partial charge in [-0.3, -0.25) is 9.69 Å². The highest BCUT2D eigenvalue weighted by Crippen LogP contribution is 2.37. The van der Waals surface area contributed by atoms with E-state index in [1.54, 1.807) is 30.3 Å². The fourth-order valence-electron chi connectivity index (χ4n) is 3.58. The number of halogens is 1. The predicted octanol–water partition coefficient (Wildman–Crippen LogP) is 5.56. The number of phenolic OH excluding ortho intramolecular Hbond substituents is 1. The third-order valence-corrected chi connectivity index (χ3v) is 6.73. The standard InChI is InChI=1S/C23H17ClN2O4S2/c1-12-9-14(13(2)25(12)16-5-8-19(24)18(11-16)22(29)30)10-20-21(28)26(23(31)32-20)15-3-6-17(27)7-4-15/h3-11,27H,1-2H3,(H,29,30)/b20-10-. The summed E-state index contributed by atoms with van der Waals surface area (Å²) in [4.78, 5) is 26.4. The van der Waals surface area contributed by atoms with Gasteiger partial charge < -0.3 is 14.8 Å². The van der Waals surface area contributed by atoms with Crippen molar-refractivity contribution in [1.29, 1.82) is 0 Å². The van der Waals surface area contributed by atoms with E-state index in [-0.39, 0.29) is 22.2 Å². The van der Waals surface area contributed by atoms with Gasteiger partial charge in [-0.15, -0.1) is 0 Å². The maximum atomic E-state index is 13.0. The molecule has 6 nitrogen and oxygen atoms in total. The Morgan fingerprint density at radius 3 is 2.41 bits per heavy atom. The Labute approximate surface area is 198 Å². The van der Waals surface area contributed by atoms with Gasteiger partial charge in [-0.1, -0.05) is 35.6 Å². The first kappa shape index (κ1) is 22.1. The van der Waals surface area contributed by atoms with Crippen molar-refractivity contribution in [2.24, 2.45) is 0 Å². The van der Waals surface area contributed by atoms with Crippen molar-refractivity contribution in [3.05, 3.63) is 81.0 Å². The van der Waals surface area contributed by atoms with Crippen LogP contribution in [0, 0.1) is 13.8 Å². The highest BCUT2D eigenvalue weighted by Gasteiger charge is 2.33. The number of hydrogen-bond acceptors (Lipinski definition) is 5. The van der Waals surface area contributed by atoms with E-state index >= 15 is 0 Å². The molecule has 1 fully saturated rings. The van der Waals surface area contributed by atoms with E-state index in [2.05, 4.69) is 0 Å². The first-order valence-electron chi connectivity index (χ1n) is 9.46. The van der Waals surface area contributed by atoms with Crippen molar-refractivity contribution in [3.8, 4) is 11.4 Å². The van der Waals surface area contributed by atoms with Gasteiger partial charge in [0.25, 0.3) is 5.91 Å². The van der Waals surface area contributed by atoms with Gasteiger partial charge in [0.05, 0.1) is 21.2 Å². The number of rotatable bonds is 4. The van der Waals surface area contributed by atoms with Crippen LogP contribution < -0.4 is 4.90 Å². The third kappa shape index (κ3) is 3.92. The van der Waals surface area contributed by atoms with Crippen LogP contribution >= 0.6 is 35.6 Å². The minimum Gasteiger partial charge on any atom is -0.508 e. The number of hydrogen-bond donors (Lipinski definition) is 2. The van der Waals surface area contributed by atoms with Crippen molar-refractivity contribution >= 4 is 63.5 Å². The molecule has 3 aromatic rings. The monoisotopic (exact) mass is 484 g/mol. The molecule has 1 amide bonds. The lowest BCUT2D eigenvalue weighted by atomic mass is 10.2. The quantitative estimate of drug-likeness (QED) is 0.373. The number of thiocarbonyl (C=S) groups is 1. The number of thioether (sulfide) groups is 1. The van der Waals surface area contributed by atoms with Crippen LogP contribution in [0.1, 0.15) is 27.3 Å². The largest absolute Gasteiger partial charge is 0.508 e. The molecule has 0 bridgehead atoms. The summed E-state index contributed by atoms with van der Waals surface area (Å²) in [5.41, 5.74) is 3.81. The van der Waals surface area contributed by atoms with Gasteiger partial charge >= 0.3 is 5.97 Å². The Morgan fingerprint density at radius 1 is 1.09 bits per heavy atom. The lowest BCUT2D eigenvalue weighted by molar-refractivity contribution is -0.113. The van der Waals surface area contributed by atoms with Crippen molar-refractivity contribution in [1.82, 2.24) is 4.57 Å². The fraction of sp³-hybridized carbons (Fsp3) is 0.0870. The van der Waals surface area contributed by atoms with Gasteiger partial charge in [0.15, 0.2) is 4.32 Å². The maximum Gasteiger partial charge on any atom is 0.337 e. The second kappa shape index (κ2) is 8.46. The Morgan fingerprint density at radius 2 is 1.75 bits per heavy atom. The minimum atomic E-state index is -1.10. The Bertz CT molecular complexity index is 1310. The minimum absolute atomic E-state index is 0.0213. The smallest absolute Gasteiger partial charge is 0.337 e. The van der Waals surface area contributed by atoms with Gasteiger partial charge in [0, 0.05) is 17.1 Å². The number of carbonyl (C=O) groups excluding carboxylic acids is 1. The zero-order valence-corrected chi connectivity index (χ0v) is 19.4. The second-order valence-electron chi connectivity index (χ2n) is 7.16. The maximum absolute atomic E-state index is 13.0. The summed E-state index contributed by atoms with van der Waals surface area (Å²) in [7, 11) is 0. The molecule has 0 aliphatic carbocycles. The number of carbonyl (C=O) groups is 2. The predicted molar refractivity (Wildman–Crippen MR) is 131 cm³/mol. The molecular formula is C23H17ClN2O4S2. The molecule has 0 radical (unpaired) electrons. The molecule has 2 heterocycles. The lowest BCUT2D eigenvalue weighted by Gasteiger charge is -2.14. The molecule has 1 aromatic heterocycles. The van der Waals surface area contributed by atoms with Crippen LogP contribution in [0.25, 0.3) is 11.8 Å². The number of aromatic nitrogens is 1. The van der Waals surface area contributed by atoms with Crippen LogP contribution in [-0.2, 0) is 4.79 Å². The van der Waals surface area contributed by atoms with E-state index in [0.29, 0.717) is 20.6 Å².